The molecule has 0 heterocycles. The number of ether oxygens (including phenoxy) is 5. The maximum absolute atomic E-state index is 10.4. The van der Waals surface area contributed by atoms with Gasteiger partial charge in [0.25, 0.3) is 19.4 Å². The fourth-order valence-electron chi connectivity index (χ4n) is 1.05. The van der Waals surface area contributed by atoms with Crippen molar-refractivity contribution in [2.45, 2.75) is 32.0 Å². The molecule has 3 unspecified atom stereocenters. The van der Waals surface area contributed by atoms with Crippen LogP contribution in [0.5, 0.6) is 0 Å². The van der Waals surface area contributed by atoms with E-state index in [-0.39, 0.29) is 38.3 Å². The highest BCUT2D eigenvalue weighted by Crippen LogP contribution is 1.88. The van der Waals surface area contributed by atoms with Gasteiger partial charge in [0.1, 0.15) is 5.78 Å². The van der Waals surface area contributed by atoms with Crippen LogP contribution in [0.25, 0.3) is 0 Å². The van der Waals surface area contributed by atoms with Crippen LogP contribution in [0.1, 0.15) is 13.3 Å². The molecule has 0 spiro atoms. The highest BCUT2D eigenvalue weighted by molar-refractivity contribution is 5.76. The Labute approximate surface area is 161 Å². The molecule has 0 saturated heterocycles. The Bertz CT molecular complexity index is 438. The van der Waals surface area contributed by atoms with E-state index in [2.05, 4.69) is 29.0 Å². The number of carbonyl (C=O) groups is 5. The first-order valence-corrected chi connectivity index (χ1v) is 7.52. The molecule has 0 saturated carbocycles. The van der Waals surface area contributed by atoms with Gasteiger partial charge >= 0.3 is 6.09 Å². The molecule has 0 aliphatic carbocycles. The number of carbonyl (C=O) groups excluding carboxylic acids is 5. The van der Waals surface area contributed by atoms with E-state index in [0.717, 1.165) is 0 Å². The first-order chi connectivity index (χ1) is 13.2. The molecule has 0 aromatic carbocycles. The molecule has 0 fully saturated rings. The van der Waals surface area contributed by atoms with E-state index in [9.17, 15) is 24.0 Å². The number of amides is 1. The minimum Gasteiger partial charge on any atom is -0.453 e. The molecule has 164 valence electrons. The highest BCUT2D eigenvalue weighted by Gasteiger charge is 2.04. The van der Waals surface area contributed by atoms with Gasteiger partial charge in [0.2, 0.25) is 0 Å². The molecule has 1 amide bonds. The molecule has 0 aliphatic rings. The van der Waals surface area contributed by atoms with Crippen molar-refractivity contribution in [3.05, 3.63) is 0 Å². The molecular weight excluding hydrogens is 384 g/mol. The molecular formula is C14H28N4O10. The summed E-state index contributed by atoms with van der Waals surface area (Å²) < 4.78 is 21.5. The van der Waals surface area contributed by atoms with Gasteiger partial charge in [0.15, 0.2) is 18.7 Å². The standard InChI is InChI=1S/C5H10N2O4.C5H9NO3.C4H9NO3/c1-10-5(9)7-2-4(6)11-3-8;1-4(8)2-5(6)9-3-7;1-7-2-4(5)8-3-6/h3-4H,2,6H2,1H3,(H,7,9);3,5H,2,6H2,1H3;3-4H,2,5H2,1H3. The molecule has 0 aromatic heterocycles. The van der Waals surface area contributed by atoms with E-state index in [1.165, 1.54) is 21.1 Å². The fraction of sp³-hybridized carbons (Fsp3) is 0.643. The van der Waals surface area contributed by atoms with Gasteiger partial charge in [-0.15, -0.1) is 0 Å². The average Bonchev–Trinajstić information content (AvgIpc) is 2.61. The lowest BCUT2D eigenvalue weighted by Crippen LogP contribution is -2.38. The van der Waals surface area contributed by atoms with Gasteiger partial charge in [0.05, 0.1) is 26.7 Å². The Morgan fingerprint density at radius 2 is 1.36 bits per heavy atom. The summed E-state index contributed by atoms with van der Waals surface area (Å²) >= 11 is 0. The van der Waals surface area contributed by atoms with Crippen molar-refractivity contribution in [2.75, 3.05) is 27.4 Å². The van der Waals surface area contributed by atoms with Crippen molar-refractivity contribution in [3.8, 4) is 0 Å². The van der Waals surface area contributed by atoms with Crippen molar-refractivity contribution >= 4 is 31.3 Å². The van der Waals surface area contributed by atoms with E-state index in [0.29, 0.717) is 6.47 Å². The summed E-state index contributed by atoms with van der Waals surface area (Å²) in [7, 11) is 2.70. The van der Waals surface area contributed by atoms with Crippen LogP contribution in [0.3, 0.4) is 0 Å². The van der Waals surface area contributed by atoms with E-state index in [1.807, 2.05) is 0 Å². The number of hydrogen-bond donors (Lipinski definition) is 4. The normalized spacial score (nSPS) is 12.1. The summed E-state index contributed by atoms with van der Waals surface area (Å²) in [4.78, 5) is 49.4. The van der Waals surface area contributed by atoms with Crippen LogP contribution in [0.4, 0.5) is 4.79 Å². The predicted molar refractivity (Wildman–Crippen MR) is 93.0 cm³/mol. The minimum absolute atomic E-state index is 0.0331. The van der Waals surface area contributed by atoms with Crippen molar-refractivity contribution in [1.82, 2.24) is 5.32 Å². The maximum atomic E-state index is 10.4. The van der Waals surface area contributed by atoms with Crippen molar-refractivity contribution in [2.24, 2.45) is 17.2 Å². The van der Waals surface area contributed by atoms with Crippen LogP contribution in [0.15, 0.2) is 0 Å². The molecule has 28 heavy (non-hydrogen) atoms. The van der Waals surface area contributed by atoms with Gasteiger partial charge < -0.3 is 29.0 Å². The molecule has 0 radical (unpaired) electrons. The zero-order valence-corrected chi connectivity index (χ0v) is 15.9. The Morgan fingerprint density at radius 1 is 0.893 bits per heavy atom. The molecule has 3 atom stereocenters. The van der Waals surface area contributed by atoms with Gasteiger partial charge in [-0.25, -0.2) is 4.79 Å². The largest absolute Gasteiger partial charge is 0.453 e. The summed E-state index contributed by atoms with van der Waals surface area (Å²) in [5, 5.41) is 2.25. The summed E-state index contributed by atoms with van der Waals surface area (Å²) in [6, 6.07) is 0. The second-order valence-electron chi connectivity index (χ2n) is 4.55. The third-order valence-corrected chi connectivity index (χ3v) is 2.14. The number of Topliss-reactive ketones (excluding diaryl/α,β-unsaturated/α-hetero) is 1. The Balaban J connectivity index is -0.000000340. The van der Waals surface area contributed by atoms with Crippen LogP contribution in [-0.2, 0) is 42.9 Å². The van der Waals surface area contributed by atoms with Crippen LogP contribution in [-0.4, -0.2) is 77.3 Å². The van der Waals surface area contributed by atoms with Crippen LogP contribution in [0.2, 0.25) is 0 Å². The molecule has 0 aromatic rings. The topological polar surface area (TPSA) is 222 Å². The lowest BCUT2D eigenvalue weighted by Gasteiger charge is -2.08. The summed E-state index contributed by atoms with van der Waals surface area (Å²) in [6.07, 6.45) is -2.77. The summed E-state index contributed by atoms with van der Waals surface area (Å²) in [5.41, 5.74) is 15.4. The number of alkyl carbamates (subject to hydrolysis) is 1. The summed E-state index contributed by atoms with van der Waals surface area (Å²) in [5.74, 6) is -0.0932. The van der Waals surface area contributed by atoms with Crippen molar-refractivity contribution in [3.63, 3.8) is 0 Å². The monoisotopic (exact) mass is 412 g/mol. The first-order valence-electron chi connectivity index (χ1n) is 7.52. The van der Waals surface area contributed by atoms with Crippen molar-refractivity contribution < 1.29 is 47.7 Å². The van der Waals surface area contributed by atoms with Gasteiger partial charge in [-0.2, -0.15) is 0 Å². The molecule has 14 heteroatoms. The minimum atomic E-state index is -0.827. The number of hydrogen-bond acceptors (Lipinski definition) is 13. The van der Waals surface area contributed by atoms with Crippen LogP contribution >= 0.6 is 0 Å². The smallest absolute Gasteiger partial charge is 0.407 e. The van der Waals surface area contributed by atoms with Gasteiger partial charge in [-0.3, -0.25) is 36.4 Å². The molecule has 0 rings (SSSR count). The summed E-state index contributed by atoms with van der Waals surface area (Å²) in [6.45, 7) is 2.39. The first kappa shape index (κ1) is 29.9. The number of methoxy groups -OCH3 is 2. The predicted octanol–water partition coefficient (Wildman–Crippen LogP) is -2.69. The third-order valence-electron chi connectivity index (χ3n) is 2.14. The van der Waals surface area contributed by atoms with Gasteiger partial charge in [-0.1, -0.05) is 0 Å². The van der Waals surface area contributed by atoms with E-state index in [4.69, 9.17) is 17.2 Å². The zero-order valence-electron chi connectivity index (χ0n) is 15.9. The molecule has 7 N–H and O–H groups in total. The quantitative estimate of drug-likeness (QED) is 0.146. The molecule has 14 nitrogen and oxygen atoms in total. The number of ketones is 1. The SMILES string of the molecule is CC(=O)CC(N)OC=O.COC(=O)NCC(N)OC=O.COCC(N)OC=O. The third kappa shape index (κ3) is 28.0. The second-order valence-corrected chi connectivity index (χ2v) is 4.55. The van der Waals surface area contributed by atoms with Gasteiger partial charge in [0, 0.05) is 7.11 Å². The Morgan fingerprint density at radius 3 is 1.75 bits per heavy atom. The Kier molecular flexibility index (Phi) is 23.8. The number of rotatable bonds is 12. The second kappa shape index (κ2) is 22.2. The van der Waals surface area contributed by atoms with E-state index < -0.39 is 24.8 Å². The van der Waals surface area contributed by atoms with Gasteiger partial charge in [-0.05, 0) is 6.92 Å². The number of nitrogens with two attached hydrogens (primary N) is 3. The zero-order chi connectivity index (χ0) is 22.4. The molecule has 0 aliphatic heterocycles. The maximum Gasteiger partial charge on any atom is 0.407 e. The highest BCUT2D eigenvalue weighted by atomic mass is 16.6. The average molecular weight is 412 g/mol. The van der Waals surface area contributed by atoms with E-state index in [1.54, 1.807) is 0 Å². The molecule has 0 bridgehead atoms. The van der Waals surface area contributed by atoms with Crippen LogP contribution < -0.4 is 22.5 Å². The number of nitrogens with one attached hydrogen (secondary N) is 1. The lowest BCUT2D eigenvalue weighted by molar-refractivity contribution is -0.136. The fourth-order valence-corrected chi connectivity index (χ4v) is 1.05. The van der Waals surface area contributed by atoms with E-state index >= 15 is 0 Å². The van der Waals surface area contributed by atoms with Crippen molar-refractivity contribution in [1.29, 1.82) is 0 Å². The van der Waals surface area contributed by atoms with Crippen LogP contribution in [0, 0.1) is 0 Å². The Hall–Kier alpha value is -2.81. The lowest BCUT2D eigenvalue weighted by atomic mass is 10.3.